The Balaban J connectivity index is 0.000000181. The van der Waals surface area contributed by atoms with Crippen LogP contribution in [-0.2, 0) is 42.3 Å². The van der Waals surface area contributed by atoms with Crippen LogP contribution in [0.4, 0.5) is 0 Å². The summed E-state index contributed by atoms with van der Waals surface area (Å²) < 4.78 is 58.6. The first-order chi connectivity index (χ1) is 50.4. The van der Waals surface area contributed by atoms with Crippen LogP contribution in [0.5, 0.6) is 0 Å². The van der Waals surface area contributed by atoms with E-state index in [1.165, 1.54) is 151 Å². The van der Waals surface area contributed by atoms with Crippen LogP contribution in [0.3, 0.4) is 0 Å². The Morgan fingerprint density at radius 1 is 0.206 bits per heavy atom. The lowest BCUT2D eigenvalue weighted by molar-refractivity contribution is -0.667. The lowest BCUT2D eigenvalue weighted by Crippen LogP contribution is -2.35. The maximum Gasteiger partial charge on any atom is 0.215 e. The van der Waals surface area contributed by atoms with Gasteiger partial charge in [0.2, 0.25) is 34.2 Å². The van der Waals surface area contributed by atoms with Gasteiger partial charge in [-0.2, -0.15) is 27.4 Å². The fraction of sp³-hybridized carbons (Fsp3) is 0.312. The average Bonchev–Trinajstić information content (AvgIpc) is 0.805. The molecule has 0 aliphatic heterocycles. The standard InChI is InChI=1S/6C16H20N/c1-11-6-7-13(3)15(9-11)16-10-12(2)8-14(4)17(16)5;2*1-11-6-7-15(13(3)8-11)16-10-12(2)9-14(4)17(16)5;2*1-11-9-13(3)17(5)16(10-11)15-8-6-7-12(2)14(15)4;1-11-7-6-8-12(2)15(11)16-13(3)9-10-14(4)17(16)5/h6*6-10H,1-5H3/q6*+1/i;1D3;;2D3;;. The van der Waals surface area contributed by atoms with Crippen LogP contribution in [0.15, 0.2) is 182 Å². The molecule has 0 amide bonds. The molecule has 0 N–H and O–H groups in total. The molecule has 0 aliphatic carbocycles. The van der Waals surface area contributed by atoms with Gasteiger partial charge in [-0.15, -0.1) is 0 Å². The Morgan fingerprint density at radius 3 is 0.931 bits per heavy atom. The number of hydrogen-bond donors (Lipinski definition) is 0. The van der Waals surface area contributed by atoms with Crippen LogP contribution >= 0.6 is 0 Å². The Labute approximate surface area is 624 Å². The third-order valence-corrected chi connectivity index (χ3v) is 20.3. The van der Waals surface area contributed by atoms with Crippen LogP contribution < -0.4 is 27.4 Å². The van der Waals surface area contributed by atoms with Crippen LogP contribution in [0.2, 0.25) is 0 Å². The molecule has 0 atom stereocenters. The predicted octanol–water partition coefficient (Wildman–Crippen LogP) is 20.5. The molecule has 12 rings (SSSR count). The maximum atomic E-state index is 7.64. The van der Waals surface area contributed by atoms with Crippen molar-refractivity contribution >= 4 is 0 Å². The maximum absolute atomic E-state index is 7.64. The number of rotatable bonds is 6. The van der Waals surface area contributed by atoms with E-state index in [1.807, 2.05) is 46.1 Å². The van der Waals surface area contributed by atoms with E-state index in [-0.39, 0.29) is 0 Å². The van der Waals surface area contributed by atoms with Crippen molar-refractivity contribution in [2.45, 2.75) is 166 Å². The van der Waals surface area contributed by atoms with Crippen LogP contribution in [0.25, 0.3) is 67.5 Å². The van der Waals surface area contributed by atoms with E-state index < -0.39 is 13.7 Å². The molecule has 0 aliphatic rings. The minimum atomic E-state index is -2.07. The zero-order valence-electron chi connectivity index (χ0n) is 73.0. The van der Waals surface area contributed by atoms with Crippen molar-refractivity contribution in [1.82, 2.24) is 0 Å². The van der Waals surface area contributed by atoms with E-state index in [4.69, 9.17) is 8.22 Å². The van der Waals surface area contributed by atoms with Gasteiger partial charge in [-0.1, -0.05) is 95.6 Å². The molecule has 6 aromatic heterocycles. The second-order valence-corrected chi connectivity index (χ2v) is 28.8. The summed E-state index contributed by atoms with van der Waals surface area (Å²) in [5.41, 5.74) is 43.3. The highest BCUT2D eigenvalue weighted by molar-refractivity contribution is 5.69. The normalized spacial score (nSPS) is 11.8. The number of hydrogen-bond acceptors (Lipinski definition) is 0. The van der Waals surface area contributed by atoms with Crippen molar-refractivity contribution in [1.29, 1.82) is 0 Å². The first kappa shape index (κ1) is 70.6. The molecule has 12 aromatic rings. The Morgan fingerprint density at radius 2 is 0.529 bits per heavy atom. The molecule has 0 radical (unpaired) electrons. The summed E-state index contributed by atoms with van der Waals surface area (Å²) in [4.78, 5) is 0. The lowest BCUT2D eigenvalue weighted by atomic mass is 9.96. The van der Waals surface area contributed by atoms with Gasteiger partial charge in [-0.25, -0.2) is 0 Å². The quantitative estimate of drug-likeness (QED) is 0.148. The zero-order chi connectivity index (χ0) is 80.5. The van der Waals surface area contributed by atoms with Crippen molar-refractivity contribution in [3.8, 4) is 67.5 Å². The Bertz CT molecular complexity index is 5210. The van der Waals surface area contributed by atoms with Gasteiger partial charge < -0.3 is 0 Å². The zero-order valence-corrected chi connectivity index (χ0v) is 67.0. The topological polar surface area (TPSA) is 23.3 Å². The summed E-state index contributed by atoms with van der Waals surface area (Å²) in [6.07, 6.45) is 0. The van der Waals surface area contributed by atoms with E-state index in [1.54, 1.807) is 18.2 Å². The highest BCUT2D eigenvalue weighted by Crippen LogP contribution is 2.30. The molecule has 0 saturated heterocycles. The van der Waals surface area contributed by atoms with E-state index in [9.17, 15) is 0 Å². The van der Waals surface area contributed by atoms with E-state index in [0.29, 0.717) is 11.1 Å². The molecule has 0 spiro atoms. The average molecular weight is 1360 g/mol. The summed E-state index contributed by atoms with van der Waals surface area (Å²) >= 11 is 0. The molecule has 6 heteroatoms. The van der Waals surface area contributed by atoms with Gasteiger partial charge in [0.25, 0.3) is 0 Å². The smallest absolute Gasteiger partial charge is 0.199 e. The number of aromatic nitrogens is 6. The summed E-state index contributed by atoms with van der Waals surface area (Å²) in [5, 5.41) is 0. The monoisotopic (exact) mass is 1360 g/mol. The molecule has 102 heavy (non-hydrogen) atoms. The minimum absolute atomic E-state index is 0.394. The fourth-order valence-electron chi connectivity index (χ4n) is 13.6. The third-order valence-electron chi connectivity index (χ3n) is 20.3. The van der Waals surface area contributed by atoms with Crippen molar-refractivity contribution in [2.75, 3.05) is 0 Å². The number of nitrogens with zero attached hydrogens (tertiary/aromatic N) is 6. The van der Waals surface area contributed by atoms with Gasteiger partial charge in [0, 0.05) is 150 Å². The molecular formula is C96H120N6+6. The first-order valence-corrected chi connectivity index (χ1v) is 35.7. The molecule has 528 valence electrons. The van der Waals surface area contributed by atoms with Gasteiger partial charge in [0.05, 0.1) is 5.56 Å². The SMILES string of the molecule is Cc1cc(C)[n+](C)c(-c2cccc(C)c2C)c1.Cc1ccc(-c2cc(C)cc(C)[n+]2C)c(C)c1.Cc1ccc(C)c(-c2cc(C)cc(C)[n+]2C)c1.Cc1cccc(C)c1-c1c(C)ccc(C)[n+]1C.[2H]C([2H])([2H])c1ccc(-c2cc(C)cc(C)[n+]2C)c(C)c1.[2H]C([2H])([2H])c1cccc(-c2cc(C)cc(C)[n+]2C)c1C. The van der Waals surface area contributed by atoms with Crippen LogP contribution in [0.1, 0.15) is 143 Å². The van der Waals surface area contributed by atoms with Crippen molar-refractivity contribution in [3.05, 3.63) is 316 Å². The van der Waals surface area contributed by atoms with Gasteiger partial charge >= 0.3 is 0 Å². The molecule has 6 aromatic carbocycles. The lowest BCUT2D eigenvalue weighted by Gasteiger charge is -2.11. The van der Waals surface area contributed by atoms with Crippen LogP contribution in [-0.4, -0.2) is 0 Å². The van der Waals surface area contributed by atoms with Crippen LogP contribution in [0, 0.1) is 166 Å². The van der Waals surface area contributed by atoms with Crippen molar-refractivity contribution in [2.24, 2.45) is 42.3 Å². The highest BCUT2D eigenvalue weighted by atomic mass is 15.0. The predicted molar refractivity (Wildman–Crippen MR) is 432 cm³/mol. The molecular weight excluding hydrogens is 1240 g/mol. The van der Waals surface area contributed by atoms with E-state index in [0.717, 1.165) is 39.3 Å². The van der Waals surface area contributed by atoms with Gasteiger partial charge in [0.1, 0.15) is 42.3 Å². The summed E-state index contributed by atoms with van der Waals surface area (Å²) in [6.45, 7) is 42.6. The molecule has 0 saturated carbocycles. The first-order valence-electron chi connectivity index (χ1n) is 38.7. The van der Waals surface area contributed by atoms with E-state index in [2.05, 4.69) is 340 Å². The largest absolute Gasteiger partial charge is 0.215 e. The minimum Gasteiger partial charge on any atom is -0.199 e. The molecule has 0 unspecified atom stereocenters. The summed E-state index contributed by atoms with van der Waals surface area (Å²) in [6, 6.07) is 63.4. The molecule has 0 bridgehead atoms. The highest BCUT2D eigenvalue weighted by Gasteiger charge is 2.23. The van der Waals surface area contributed by atoms with Crippen molar-refractivity contribution in [3.63, 3.8) is 0 Å². The number of benzene rings is 6. The Hall–Kier alpha value is -9.78. The third kappa shape index (κ3) is 19.4. The summed E-state index contributed by atoms with van der Waals surface area (Å²) in [7, 11) is 12.6. The second kappa shape index (κ2) is 34.7. The fourth-order valence-corrected chi connectivity index (χ4v) is 13.6. The molecule has 6 heterocycles. The molecule has 6 nitrogen and oxygen atoms in total. The number of aryl methyl sites for hydroxylation is 22. The van der Waals surface area contributed by atoms with Crippen molar-refractivity contribution < 1.29 is 35.6 Å². The van der Waals surface area contributed by atoms with Gasteiger partial charge in [0.15, 0.2) is 34.2 Å². The van der Waals surface area contributed by atoms with Gasteiger partial charge in [-0.05, 0) is 239 Å². The molecule has 0 fully saturated rings. The van der Waals surface area contributed by atoms with E-state index >= 15 is 0 Å². The second-order valence-electron chi connectivity index (χ2n) is 28.8. The van der Waals surface area contributed by atoms with Gasteiger partial charge in [-0.3, -0.25) is 0 Å². The Kier molecular flexibility index (Phi) is 24.1. The number of pyridine rings is 6. The summed E-state index contributed by atoms with van der Waals surface area (Å²) in [5.74, 6) is 0.